The molecular formula is C20H24F3N3O4. The fraction of sp³-hybridized carbons (Fsp3) is 0.600. The molecule has 0 aromatic carbocycles. The number of hydrogen-bond acceptors (Lipinski definition) is 4. The van der Waals surface area contributed by atoms with Crippen LogP contribution in [-0.2, 0) is 14.4 Å². The van der Waals surface area contributed by atoms with E-state index in [9.17, 15) is 22.8 Å². The third-order valence-electron chi connectivity index (χ3n) is 6.08. The number of carboxylic acids is 1. The van der Waals surface area contributed by atoms with Gasteiger partial charge < -0.3 is 15.3 Å². The lowest BCUT2D eigenvalue weighted by atomic mass is 10.0. The number of alkyl halides is 3. The maximum Gasteiger partial charge on any atom is 0.490 e. The van der Waals surface area contributed by atoms with Crippen LogP contribution in [0.4, 0.5) is 18.9 Å². The van der Waals surface area contributed by atoms with Crippen molar-refractivity contribution in [2.24, 2.45) is 17.3 Å². The highest BCUT2D eigenvalue weighted by molar-refractivity contribution is 5.95. The molecule has 10 heteroatoms. The largest absolute Gasteiger partial charge is 0.490 e. The zero-order chi connectivity index (χ0) is 21.9. The van der Waals surface area contributed by atoms with Crippen molar-refractivity contribution in [2.45, 2.75) is 44.7 Å². The number of carbonyl (C=O) groups excluding carboxylic acids is 2. The summed E-state index contributed by atoms with van der Waals surface area (Å²) in [6.07, 6.45) is 4.62. The standard InChI is InChI=1S/C18H23N3O2.C2HF3O2/c22-16(20-14-6-3-8-19-11-14)15-10-18(15)7-9-21(12-18)17(23)13-4-1-2-5-13;3-2(4,5)1(6)7/h3,6,8,11,13,15H,1-2,4-5,7,9-10,12H2,(H,20,22);(H,6,7). The van der Waals surface area contributed by atoms with E-state index < -0.39 is 12.1 Å². The minimum absolute atomic E-state index is 0.0422. The second kappa shape index (κ2) is 8.61. The van der Waals surface area contributed by atoms with Crippen LogP contribution in [0, 0.1) is 17.3 Å². The molecule has 1 spiro atoms. The van der Waals surface area contributed by atoms with Crippen molar-refractivity contribution in [1.82, 2.24) is 9.88 Å². The second-order valence-electron chi connectivity index (χ2n) is 8.14. The first-order chi connectivity index (χ1) is 14.1. The molecule has 164 valence electrons. The lowest BCUT2D eigenvalue weighted by Gasteiger charge is -2.20. The van der Waals surface area contributed by atoms with E-state index in [1.807, 2.05) is 17.0 Å². The summed E-state index contributed by atoms with van der Waals surface area (Å²) in [6, 6.07) is 3.67. The summed E-state index contributed by atoms with van der Waals surface area (Å²) in [5.74, 6) is -2.06. The van der Waals surface area contributed by atoms with Gasteiger partial charge in [-0.15, -0.1) is 0 Å². The van der Waals surface area contributed by atoms with Gasteiger partial charge in [0, 0.05) is 36.5 Å². The summed E-state index contributed by atoms with van der Waals surface area (Å²) in [4.78, 5) is 39.9. The van der Waals surface area contributed by atoms with E-state index in [0.29, 0.717) is 5.91 Å². The van der Waals surface area contributed by atoms with Gasteiger partial charge in [-0.1, -0.05) is 12.8 Å². The Balaban J connectivity index is 0.000000318. The predicted molar refractivity (Wildman–Crippen MR) is 100 cm³/mol. The number of carboxylic acid groups (broad SMARTS) is 1. The molecule has 1 aromatic rings. The third-order valence-corrected chi connectivity index (χ3v) is 6.08. The Hall–Kier alpha value is -2.65. The number of nitrogens with zero attached hydrogens (tertiary/aromatic N) is 2. The van der Waals surface area contributed by atoms with E-state index in [1.54, 1.807) is 12.4 Å². The molecule has 2 unspecified atom stereocenters. The first-order valence-corrected chi connectivity index (χ1v) is 9.92. The second-order valence-corrected chi connectivity index (χ2v) is 8.14. The Kier molecular flexibility index (Phi) is 6.33. The smallest absolute Gasteiger partial charge is 0.475 e. The van der Waals surface area contributed by atoms with E-state index in [2.05, 4.69) is 10.3 Å². The Bertz CT molecular complexity index is 796. The monoisotopic (exact) mass is 427 g/mol. The number of rotatable bonds is 3. The van der Waals surface area contributed by atoms with Gasteiger partial charge in [-0.05, 0) is 37.8 Å². The van der Waals surface area contributed by atoms with Crippen molar-refractivity contribution in [3.63, 3.8) is 0 Å². The summed E-state index contributed by atoms with van der Waals surface area (Å²) >= 11 is 0. The van der Waals surface area contributed by atoms with Crippen LogP contribution in [0.25, 0.3) is 0 Å². The average molecular weight is 427 g/mol. The molecule has 0 bridgehead atoms. The Morgan fingerprint density at radius 1 is 1.23 bits per heavy atom. The van der Waals surface area contributed by atoms with Crippen LogP contribution in [0.5, 0.6) is 0 Å². The number of aliphatic carboxylic acids is 1. The first-order valence-electron chi connectivity index (χ1n) is 9.92. The Labute approximate surface area is 171 Å². The summed E-state index contributed by atoms with van der Waals surface area (Å²) in [7, 11) is 0. The number of likely N-dealkylation sites (tertiary alicyclic amines) is 1. The van der Waals surface area contributed by atoms with Gasteiger partial charge in [0.2, 0.25) is 11.8 Å². The molecule has 2 atom stereocenters. The zero-order valence-electron chi connectivity index (χ0n) is 16.3. The maximum atomic E-state index is 12.5. The maximum absolute atomic E-state index is 12.5. The highest BCUT2D eigenvalue weighted by Gasteiger charge is 2.61. The van der Waals surface area contributed by atoms with Gasteiger partial charge in [-0.25, -0.2) is 4.79 Å². The van der Waals surface area contributed by atoms with Gasteiger partial charge in [-0.3, -0.25) is 14.6 Å². The number of anilines is 1. The molecular weight excluding hydrogens is 403 g/mol. The van der Waals surface area contributed by atoms with Gasteiger partial charge in [-0.2, -0.15) is 13.2 Å². The van der Waals surface area contributed by atoms with Gasteiger partial charge >= 0.3 is 12.1 Å². The molecule has 4 rings (SSSR count). The summed E-state index contributed by atoms with van der Waals surface area (Å²) in [6.45, 7) is 1.60. The van der Waals surface area contributed by atoms with E-state index >= 15 is 0 Å². The quantitative estimate of drug-likeness (QED) is 0.772. The van der Waals surface area contributed by atoms with Gasteiger partial charge in [0.05, 0.1) is 11.9 Å². The number of pyridine rings is 1. The number of aromatic nitrogens is 1. The summed E-state index contributed by atoms with van der Waals surface area (Å²) < 4.78 is 31.7. The third kappa shape index (κ3) is 5.09. The minimum Gasteiger partial charge on any atom is -0.475 e. The molecule has 2 heterocycles. The van der Waals surface area contributed by atoms with Gasteiger partial charge in [0.25, 0.3) is 0 Å². The molecule has 2 saturated carbocycles. The molecule has 2 N–H and O–H groups in total. The van der Waals surface area contributed by atoms with E-state index in [-0.39, 0.29) is 23.2 Å². The van der Waals surface area contributed by atoms with Gasteiger partial charge in [0.1, 0.15) is 0 Å². The molecule has 1 saturated heterocycles. The fourth-order valence-corrected chi connectivity index (χ4v) is 4.35. The normalized spacial score (nSPS) is 25.6. The molecule has 2 aliphatic carbocycles. The summed E-state index contributed by atoms with van der Waals surface area (Å²) in [5, 5.41) is 10.1. The lowest BCUT2D eigenvalue weighted by Crippen LogP contribution is -2.34. The van der Waals surface area contributed by atoms with Crippen molar-refractivity contribution in [2.75, 3.05) is 18.4 Å². The first kappa shape index (κ1) is 22.0. The highest BCUT2D eigenvalue weighted by Crippen LogP contribution is 2.59. The van der Waals surface area contributed by atoms with E-state index in [1.165, 1.54) is 12.8 Å². The number of hydrogen-bond donors (Lipinski definition) is 2. The van der Waals surface area contributed by atoms with Gasteiger partial charge in [0.15, 0.2) is 0 Å². The molecule has 3 fully saturated rings. The lowest BCUT2D eigenvalue weighted by molar-refractivity contribution is -0.192. The van der Waals surface area contributed by atoms with E-state index in [0.717, 1.165) is 44.5 Å². The molecule has 1 aliphatic heterocycles. The SMILES string of the molecule is O=C(Nc1cccnc1)C1CC12CCN(C(=O)C1CCCC1)C2.O=C(O)C(F)(F)F. The number of carbonyl (C=O) groups is 3. The van der Waals surface area contributed by atoms with Crippen molar-refractivity contribution >= 4 is 23.5 Å². The number of amides is 2. The predicted octanol–water partition coefficient (Wildman–Crippen LogP) is 3.08. The van der Waals surface area contributed by atoms with Crippen LogP contribution in [0.15, 0.2) is 24.5 Å². The Morgan fingerprint density at radius 3 is 2.47 bits per heavy atom. The molecule has 0 radical (unpaired) electrons. The van der Waals surface area contributed by atoms with Crippen molar-refractivity contribution in [3.8, 4) is 0 Å². The molecule has 3 aliphatic rings. The van der Waals surface area contributed by atoms with Crippen molar-refractivity contribution in [3.05, 3.63) is 24.5 Å². The highest BCUT2D eigenvalue weighted by atomic mass is 19.4. The molecule has 2 amide bonds. The molecule has 30 heavy (non-hydrogen) atoms. The van der Waals surface area contributed by atoms with Crippen LogP contribution in [0.2, 0.25) is 0 Å². The summed E-state index contributed by atoms with van der Waals surface area (Å²) in [5.41, 5.74) is 0.789. The number of nitrogens with one attached hydrogen (secondary N) is 1. The average Bonchev–Trinajstić information content (AvgIpc) is 3.02. The van der Waals surface area contributed by atoms with Crippen LogP contribution >= 0.6 is 0 Å². The van der Waals surface area contributed by atoms with Crippen LogP contribution in [0.1, 0.15) is 38.5 Å². The Morgan fingerprint density at radius 2 is 1.90 bits per heavy atom. The van der Waals surface area contributed by atoms with Crippen LogP contribution < -0.4 is 5.32 Å². The minimum atomic E-state index is -5.08. The van der Waals surface area contributed by atoms with Crippen molar-refractivity contribution < 1.29 is 32.7 Å². The zero-order valence-corrected chi connectivity index (χ0v) is 16.3. The number of halogens is 3. The topological polar surface area (TPSA) is 99.6 Å². The van der Waals surface area contributed by atoms with Crippen LogP contribution in [0.3, 0.4) is 0 Å². The van der Waals surface area contributed by atoms with E-state index in [4.69, 9.17) is 9.90 Å². The van der Waals surface area contributed by atoms with Crippen LogP contribution in [-0.4, -0.2) is 52.0 Å². The van der Waals surface area contributed by atoms with Crippen molar-refractivity contribution in [1.29, 1.82) is 0 Å². The molecule has 7 nitrogen and oxygen atoms in total. The molecule has 1 aromatic heterocycles. The fourth-order valence-electron chi connectivity index (χ4n) is 4.35.